The number of rotatable bonds is 7. The number of aromatic nitrogens is 2. The van der Waals surface area contributed by atoms with Gasteiger partial charge in [-0.05, 0) is 13.0 Å². The monoisotopic (exact) mass is 300 g/mol. The van der Waals surface area contributed by atoms with Crippen LogP contribution in [0.4, 0.5) is 5.82 Å². The molecule has 0 radical (unpaired) electrons. The maximum absolute atomic E-state index is 5.95. The van der Waals surface area contributed by atoms with E-state index in [1.807, 2.05) is 0 Å². The van der Waals surface area contributed by atoms with Crippen molar-refractivity contribution < 1.29 is 9.47 Å². The molecule has 0 atom stereocenters. The SMILES string of the molecule is COCc1nc(Cl)cc(NCCCN2CCOCC2)n1. The van der Waals surface area contributed by atoms with Crippen LogP contribution < -0.4 is 5.32 Å². The summed E-state index contributed by atoms with van der Waals surface area (Å²) in [5, 5.41) is 3.71. The van der Waals surface area contributed by atoms with E-state index in [4.69, 9.17) is 21.1 Å². The van der Waals surface area contributed by atoms with E-state index >= 15 is 0 Å². The van der Waals surface area contributed by atoms with E-state index in [2.05, 4.69) is 20.2 Å². The fraction of sp³-hybridized carbons (Fsp3) is 0.692. The van der Waals surface area contributed by atoms with Crippen molar-refractivity contribution in [2.24, 2.45) is 0 Å². The number of methoxy groups -OCH3 is 1. The highest BCUT2D eigenvalue weighted by Gasteiger charge is 2.09. The fourth-order valence-electron chi connectivity index (χ4n) is 2.09. The number of anilines is 1. The van der Waals surface area contributed by atoms with Crippen LogP contribution in [0.3, 0.4) is 0 Å². The van der Waals surface area contributed by atoms with Crippen LogP contribution in [0.25, 0.3) is 0 Å². The van der Waals surface area contributed by atoms with Gasteiger partial charge in [-0.2, -0.15) is 0 Å². The smallest absolute Gasteiger partial charge is 0.158 e. The largest absolute Gasteiger partial charge is 0.379 e. The summed E-state index contributed by atoms with van der Waals surface area (Å²) in [5.74, 6) is 1.34. The second-order valence-corrected chi connectivity index (χ2v) is 5.05. The van der Waals surface area contributed by atoms with Gasteiger partial charge in [0.15, 0.2) is 5.82 Å². The molecular formula is C13H21ClN4O2. The quantitative estimate of drug-likeness (QED) is 0.607. The number of hydrogen-bond donors (Lipinski definition) is 1. The van der Waals surface area contributed by atoms with Gasteiger partial charge in [0.1, 0.15) is 17.6 Å². The average Bonchev–Trinajstić information content (AvgIpc) is 2.45. The minimum absolute atomic E-state index is 0.364. The first kappa shape index (κ1) is 15.4. The normalized spacial score (nSPS) is 16.3. The van der Waals surface area contributed by atoms with Crippen molar-refractivity contribution in [3.8, 4) is 0 Å². The van der Waals surface area contributed by atoms with Crippen LogP contribution in [0.1, 0.15) is 12.2 Å². The van der Waals surface area contributed by atoms with E-state index in [-0.39, 0.29) is 0 Å². The van der Waals surface area contributed by atoms with Crippen LogP contribution in [-0.4, -0.2) is 61.4 Å². The van der Waals surface area contributed by atoms with Crippen molar-refractivity contribution in [1.29, 1.82) is 0 Å². The molecule has 1 aromatic heterocycles. The highest BCUT2D eigenvalue weighted by Crippen LogP contribution is 2.12. The molecule has 0 amide bonds. The Bertz CT molecular complexity index is 413. The molecule has 20 heavy (non-hydrogen) atoms. The van der Waals surface area contributed by atoms with Crippen LogP contribution in [0.15, 0.2) is 6.07 Å². The molecule has 0 aromatic carbocycles. The second-order valence-electron chi connectivity index (χ2n) is 4.66. The predicted molar refractivity (Wildman–Crippen MR) is 78.1 cm³/mol. The van der Waals surface area contributed by atoms with E-state index in [9.17, 15) is 0 Å². The molecule has 6 nitrogen and oxygen atoms in total. The van der Waals surface area contributed by atoms with Gasteiger partial charge in [0.25, 0.3) is 0 Å². The lowest BCUT2D eigenvalue weighted by Crippen LogP contribution is -2.37. The molecule has 1 saturated heterocycles. The van der Waals surface area contributed by atoms with E-state index in [0.29, 0.717) is 17.6 Å². The van der Waals surface area contributed by atoms with Crippen LogP contribution >= 0.6 is 11.6 Å². The van der Waals surface area contributed by atoms with E-state index in [1.165, 1.54) is 0 Å². The molecule has 7 heteroatoms. The maximum atomic E-state index is 5.95. The van der Waals surface area contributed by atoms with Crippen LogP contribution in [0, 0.1) is 0 Å². The third kappa shape index (κ3) is 5.20. The number of halogens is 1. The first-order chi connectivity index (χ1) is 9.78. The van der Waals surface area contributed by atoms with Gasteiger partial charge in [0.2, 0.25) is 0 Å². The zero-order chi connectivity index (χ0) is 14.2. The van der Waals surface area contributed by atoms with E-state index in [1.54, 1.807) is 13.2 Å². The molecule has 0 unspecified atom stereocenters. The molecule has 0 saturated carbocycles. The number of morpholine rings is 1. The first-order valence-electron chi connectivity index (χ1n) is 6.84. The number of ether oxygens (including phenoxy) is 2. The molecule has 1 N–H and O–H groups in total. The van der Waals surface area contributed by atoms with Gasteiger partial charge in [-0.15, -0.1) is 0 Å². The van der Waals surface area contributed by atoms with Crippen LogP contribution in [0.2, 0.25) is 5.15 Å². The van der Waals surface area contributed by atoms with Gasteiger partial charge < -0.3 is 14.8 Å². The molecular weight excluding hydrogens is 280 g/mol. The predicted octanol–water partition coefficient (Wildman–Crippen LogP) is 1.41. The Morgan fingerprint density at radius 3 is 2.95 bits per heavy atom. The highest BCUT2D eigenvalue weighted by molar-refractivity contribution is 6.29. The van der Waals surface area contributed by atoms with Crippen LogP contribution in [0.5, 0.6) is 0 Å². The maximum Gasteiger partial charge on any atom is 0.158 e. The first-order valence-corrected chi connectivity index (χ1v) is 7.22. The highest BCUT2D eigenvalue weighted by atomic mass is 35.5. The molecule has 1 aliphatic heterocycles. The molecule has 1 aromatic rings. The lowest BCUT2D eigenvalue weighted by atomic mass is 10.3. The molecule has 1 aliphatic rings. The van der Waals surface area contributed by atoms with Gasteiger partial charge in [0.05, 0.1) is 13.2 Å². The van der Waals surface area contributed by atoms with Crippen molar-refractivity contribution >= 4 is 17.4 Å². The van der Waals surface area contributed by atoms with Crippen molar-refractivity contribution in [2.75, 3.05) is 51.8 Å². The van der Waals surface area contributed by atoms with Gasteiger partial charge >= 0.3 is 0 Å². The lowest BCUT2D eigenvalue weighted by Gasteiger charge is -2.26. The Morgan fingerprint density at radius 1 is 1.40 bits per heavy atom. The summed E-state index contributed by atoms with van der Waals surface area (Å²) in [7, 11) is 1.61. The third-order valence-corrected chi connectivity index (χ3v) is 3.27. The summed E-state index contributed by atoms with van der Waals surface area (Å²) in [5.41, 5.74) is 0. The van der Waals surface area contributed by atoms with Crippen molar-refractivity contribution in [3.63, 3.8) is 0 Å². The van der Waals surface area contributed by atoms with Gasteiger partial charge in [0, 0.05) is 32.8 Å². The number of nitrogens with one attached hydrogen (secondary N) is 1. The molecule has 112 valence electrons. The zero-order valence-electron chi connectivity index (χ0n) is 11.8. The number of hydrogen-bond acceptors (Lipinski definition) is 6. The molecule has 1 fully saturated rings. The lowest BCUT2D eigenvalue weighted by molar-refractivity contribution is 0.0378. The van der Waals surface area contributed by atoms with Gasteiger partial charge in [-0.3, -0.25) is 4.90 Å². The topological polar surface area (TPSA) is 59.5 Å². The Balaban J connectivity index is 1.72. The van der Waals surface area contributed by atoms with Gasteiger partial charge in [-0.1, -0.05) is 11.6 Å². The van der Waals surface area contributed by atoms with E-state index < -0.39 is 0 Å². The Kier molecular flexibility index (Phi) is 6.46. The summed E-state index contributed by atoms with van der Waals surface area (Å²) in [6.45, 7) is 6.03. The Labute approximate surface area is 124 Å². The van der Waals surface area contributed by atoms with Crippen molar-refractivity contribution in [2.45, 2.75) is 13.0 Å². The summed E-state index contributed by atoms with van der Waals surface area (Å²) in [6.07, 6.45) is 1.06. The molecule has 2 rings (SSSR count). The minimum atomic E-state index is 0.364. The molecule has 0 bridgehead atoms. The van der Waals surface area contributed by atoms with E-state index in [0.717, 1.165) is 51.6 Å². The summed E-state index contributed by atoms with van der Waals surface area (Å²) >= 11 is 5.95. The standard InChI is InChI=1S/C13H21ClN4O2/c1-19-10-13-16-11(14)9-12(17-13)15-3-2-4-18-5-7-20-8-6-18/h9H,2-8,10H2,1H3,(H,15,16,17). The Morgan fingerprint density at radius 2 is 2.20 bits per heavy atom. The third-order valence-electron chi connectivity index (χ3n) is 3.08. The second kappa shape index (κ2) is 8.36. The average molecular weight is 301 g/mol. The molecule has 0 spiro atoms. The van der Waals surface area contributed by atoms with Gasteiger partial charge in [-0.25, -0.2) is 9.97 Å². The minimum Gasteiger partial charge on any atom is -0.379 e. The van der Waals surface area contributed by atoms with Crippen LogP contribution in [-0.2, 0) is 16.1 Å². The molecule has 2 heterocycles. The Hall–Kier alpha value is -0.950. The fourth-order valence-corrected chi connectivity index (χ4v) is 2.29. The summed E-state index contributed by atoms with van der Waals surface area (Å²) in [6, 6.07) is 1.73. The van der Waals surface area contributed by atoms with Crippen molar-refractivity contribution in [3.05, 3.63) is 17.0 Å². The molecule has 0 aliphatic carbocycles. The number of nitrogens with zero attached hydrogens (tertiary/aromatic N) is 3. The van der Waals surface area contributed by atoms with Crippen molar-refractivity contribution in [1.82, 2.24) is 14.9 Å². The zero-order valence-corrected chi connectivity index (χ0v) is 12.5. The summed E-state index contributed by atoms with van der Waals surface area (Å²) in [4.78, 5) is 10.8. The summed E-state index contributed by atoms with van der Waals surface area (Å²) < 4.78 is 10.3.